The molecule has 1 aromatic heterocycles. The largest absolute Gasteiger partial charge is 0.497 e. The average molecular weight is 642 g/mol. The molecule has 1 amide bonds. The van der Waals surface area contributed by atoms with Crippen molar-refractivity contribution in [1.82, 2.24) is 14.9 Å². The number of fused-ring (bicyclic) bond motifs is 2. The third-order valence-corrected chi connectivity index (χ3v) is 9.83. The van der Waals surface area contributed by atoms with Gasteiger partial charge in [-0.25, -0.2) is 14.8 Å². The van der Waals surface area contributed by atoms with Gasteiger partial charge in [0.15, 0.2) is 5.15 Å². The normalized spacial score (nSPS) is 26.2. The number of methoxy groups -OCH3 is 2. The van der Waals surface area contributed by atoms with E-state index < -0.39 is 29.4 Å². The Kier molecular flexibility index (Phi) is 9.91. The highest BCUT2D eigenvalue weighted by atomic mass is 35.5. The number of likely N-dealkylation sites (tertiary alicyclic amines) is 1. The number of halogens is 1. The number of aromatic nitrogens is 2. The van der Waals surface area contributed by atoms with Crippen LogP contribution in [0.5, 0.6) is 11.6 Å². The number of carbonyl (C=O) groups is 3. The van der Waals surface area contributed by atoms with Crippen LogP contribution in [0.3, 0.4) is 0 Å². The molecule has 0 unspecified atom stereocenters. The van der Waals surface area contributed by atoms with Gasteiger partial charge in [-0.05, 0) is 67.4 Å². The number of ether oxygens (including phenoxy) is 4. The molecule has 0 bridgehead atoms. The lowest BCUT2D eigenvalue weighted by Crippen LogP contribution is -2.48. The first-order valence-corrected chi connectivity index (χ1v) is 16.2. The van der Waals surface area contributed by atoms with Crippen LogP contribution in [-0.4, -0.2) is 71.7 Å². The summed E-state index contributed by atoms with van der Waals surface area (Å²) < 4.78 is 22.6. The van der Waals surface area contributed by atoms with Crippen molar-refractivity contribution in [3.05, 3.63) is 36.0 Å². The van der Waals surface area contributed by atoms with E-state index >= 15 is 0 Å². The second kappa shape index (κ2) is 13.5. The van der Waals surface area contributed by atoms with Gasteiger partial charge in [0.2, 0.25) is 5.91 Å². The van der Waals surface area contributed by atoms with E-state index in [4.69, 9.17) is 30.5 Å². The van der Waals surface area contributed by atoms with E-state index in [1.807, 2.05) is 26.8 Å². The molecule has 2 aromatic rings. The monoisotopic (exact) mass is 641 g/mol. The molecule has 2 aliphatic carbocycles. The molecule has 11 heteroatoms. The van der Waals surface area contributed by atoms with E-state index in [2.05, 4.69) is 16.5 Å². The first-order valence-electron chi connectivity index (χ1n) is 15.8. The molecular formula is C34H44ClN3O7. The van der Waals surface area contributed by atoms with Crippen molar-refractivity contribution < 1.29 is 33.3 Å². The predicted molar refractivity (Wildman–Crippen MR) is 169 cm³/mol. The van der Waals surface area contributed by atoms with Crippen molar-refractivity contribution in [2.45, 2.75) is 84.0 Å². The summed E-state index contributed by atoms with van der Waals surface area (Å²) in [5.74, 6) is 0.368. The van der Waals surface area contributed by atoms with E-state index in [0.29, 0.717) is 34.5 Å². The number of hydrogen-bond acceptors (Lipinski definition) is 9. The molecule has 0 radical (unpaired) electrons. The smallest absolute Gasteiger partial charge is 0.328 e. The maximum absolute atomic E-state index is 14.2. The zero-order valence-corrected chi connectivity index (χ0v) is 27.5. The Morgan fingerprint density at radius 1 is 1.13 bits per heavy atom. The molecule has 1 aromatic carbocycles. The lowest BCUT2D eigenvalue weighted by Gasteiger charge is -2.34. The lowest BCUT2D eigenvalue weighted by molar-refractivity contribution is -0.160. The Balaban J connectivity index is 1.30. The van der Waals surface area contributed by atoms with Crippen LogP contribution < -0.4 is 9.47 Å². The summed E-state index contributed by atoms with van der Waals surface area (Å²) in [5, 5.41) is 0.0646. The van der Waals surface area contributed by atoms with E-state index in [9.17, 15) is 14.4 Å². The summed E-state index contributed by atoms with van der Waals surface area (Å²) >= 11 is 6.42. The number of nitrogens with zero attached hydrogens (tertiary/aromatic N) is 3. The second-order valence-corrected chi connectivity index (χ2v) is 14.0. The van der Waals surface area contributed by atoms with Crippen LogP contribution in [0.2, 0.25) is 5.15 Å². The minimum absolute atomic E-state index is 0.0646. The van der Waals surface area contributed by atoms with Gasteiger partial charge in [-0.3, -0.25) is 9.59 Å². The third kappa shape index (κ3) is 7.37. The molecule has 3 aliphatic rings. The van der Waals surface area contributed by atoms with Crippen LogP contribution in [0.4, 0.5) is 0 Å². The van der Waals surface area contributed by atoms with Crippen LogP contribution in [0, 0.1) is 29.1 Å². The number of carbonyl (C=O) groups excluding carboxylic acids is 3. The SMILES string of the molecule is C=CCCC[C@@H]1[C@H]2C[C@H]2C[C@H]1OC(=O)C[C@H](C(=O)N1C[C@H](Oc2nc3cc(OC)ccc3nc2Cl)C[C@H]1C(=O)OC)C(C)(C)C. The molecule has 1 saturated heterocycles. The Labute approximate surface area is 269 Å². The van der Waals surface area contributed by atoms with Crippen LogP contribution in [0.1, 0.15) is 65.7 Å². The molecular weight excluding hydrogens is 598 g/mol. The average Bonchev–Trinajstić information content (AvgIpc) is 3.49. The van der Waals surface area contributed by atoms with Crippen molar-refractivity contribution >= 4 is 40.5 Å². The van der Waals surface area contributed by atoms with Crippen LogP contribution in [0.25, 0.3) is 11.0 Å². The van der Waals surface area contributed by atoms with Crippen LogP contribution in [0.15, 0.2) is 30.9 Å². The van der Waals surface area contributed by atoms with Crippen molar-refractivity contribution in [1.29, 1.82) is 0 Å². The highest BCUT2D eigenvalue weighted by molar-refractivity contribution is 6.31. The number of rotatable bonds is 12. The summed E-state index contributed by atoms with van der Waals surface area (Å²) in [5.41, 5.74) is 0.516. The maximum Gasteiger partial charge on any atom is 0.328 e. The van der Waals surface area contributed by atoms with Crippen molar-refractivity contribution in [2.24, 2.45) is 29.1 Å². The fraction of sp³-hybridized carbons (Fsp3) is 0.618. The molecule has 1 aliphatic heterocycles. The van der Waals surface area contributed by atoms with Crippen molar-refractivity contribution in [2.75, 3.05) is 20.8 Å². The molecule has 2 saturated carbocycles. The number of unbranched alkanes of at least 4 members (excludes halogenated alkanes) is 1. The van der Waals surface area contributed by atoms with Gasteiger partial charge in [-0.1, -0.05) is 38.4 Å². The number of hydrogen-bond donors (Lipinski definition) is 0. The van der Waals surface area contributed by atoms with Gasteiger partial charge >= 0.3 is 11.9 Å². The second-order valence-electron chi connectivity index (χ2n) is 13.6. The number of esters is 2. The Morgan fingerprint density at radius 3 is 2.60 bits per heavy atom. The maximum atomic E-state index is 14.2. The number of allylic oxidation sites excluding steroid dienone is 1. The van der Waals surface area contributed by atoms with E-state index in [-0.39, 0.29) is 48.4 Å². The topological polar surface area (TPSA) is 117 Å². The van der Waals surface area contributed by atoms with Gasteiger partial charge < -0.3 is 23.8 Å². The van der Waals surface area contributed by atoms with Gasteiger partial charge in [-0.2, -0.15) is 0 Å². The Hall–Kier alpha value is -3.40. The predicted octanol–water partition coefficient (Wildman–Crippen LogP) is 5.79. The first kappa shape index (κ1) is 33.0. The molecule has 7 atom stereocenters. The summed E-state index contributed by atoms with van der Waals surface area (Å²) in [6, 6.07) is 4.33. The minimum Gasteiger partial charge on any atom is -0.497 e. The molecule has 10 nitrogen and oxygen atoms in total. The van der Waals surface area contributed by atoms with E-state index in [0.717, 1.165) is 25.7 Å². The van der Waals surface area contributed by atoms with Gasteiger partial charge in [0.25, 0.3) is 5.88 Å². The third-order valence-electron chi connectivity index (χ3n) is 9.58. The number of amides is 1. The molecule has 0 spiro atoms. The zero-order valence-electron chi connectivity index (χ0n) is 26.8. The van der Waals surface area contributed by atoms with Crippen LogP contribution >= 0.6 is 11.6 Å². The highest BCUT2D eigenvalue weighted by Gasteiger charge is 2.54. The molecule has 0 N–H and O–H groups in total. The van der Waals surface area contributed by atoms with Gasteiger partial charge in [-0.15, -0.1) is 6.58 Å². The standard InChI is InChI=1S/C34H44ClN3O7/c1-7-8-9-10-22-23-13-19(23)14-28(22)45-29(39)17-24(34(2,3)4)32(40)38-18-21(16-27(38)33(41)43-6)44-31-30(35)36-25-12-11-20(42-5)15-26(25)37-31/h7,11-12,15,19,21-24,27-28H,1,8-10,13-14,16-18H2,2-6H3/t19-,21+,22+,23-,24+,27-,28+/m0/s1. The zero-order chi connectivity index (χ0) is 32.5. The summed E-state index contributed by atoms with van der Waals surface area (Å²) in [7, 11) is 2.84. The molecule has 3 fully saturated rings. The Bertz CT molecular complexity index is 1440. The van der Waals surface area contributed by atoms with Gasteiger partial charge in [0, 0.05) is 12.5 Å². The Morgan fingerprint density at radius 2 is 1.91 bits per heavy atom. The molecule has 244 valence electrons. The summed E-state index contributed by atoms with van der Waals surface area (Å²) in [6.45, 7) is 9.66. The fourth-order valence-corrected chi connectivity index (χ4v) is 7.22. The quantitative estimate of drug-likeness (QED) is 0.161. The van der Waals surface area contributed by atoms with Crippen molar-refractivity contribution in [3.8, 4) is 11.6 Å². The summed E-state index contributed by atoms with van der Waals surface area (Å²) in [4.78, 5) is 50.8. The van der Waals surface area contributed by atoms with E-state index in [1.54, 1.807) is 25.3 Å². The lowest BCUT2D eigenvalue weighted by atomic mass is 9.77. The molecule has 2 heterocycles. The van der Waals surface area contributed by atoms with E-state index in [1.165, 1.54) is 18.4 Å². The number of benzene rings is 1. The molecule has 45 heavy (non-hydrogen) atoms. The highest BCUT2D eigenvalue weighted by Crippen LogP contribution is 2.57. The van der Waals surface area contributed by atoms with Crippen LogP contribution in [-0.2, 0) is 23.9 Å². The summed E-state index contributed by atoms with van der Waals surface area (Å²) in [6.07, 6.45) is 6.41. The fourth-order valence-electron chi connectivity index (χ4n) is 7.04. The minimum atomic E-state index is -0.892. The van der Waals surface area contributed by atoms with Crippen molar-refractivity contribution in [3.63, 3.8) is 0 Å². The first-order chi connectivity index (χ1) is 21.4. The molecule has 5 rings (SSSR count). The van der Waals surface area contributed by atoms with Gasteiger partial charge in [0.05, 0.1) is 44.1 Å². The van der Waals surface area contributed by atoms with Gasteiger partial charge in [0.1, 0.15) is 24.0 Å².